The molecule has 2 N–H and O–H groups in total. The Labute approximate surface area is 162 Å². The maximum Gasteiger partial charge on any atom is 0.416 e. The number of hydrogen-bond acceptors (Lipinski definition) is 3. The van der Waals surface area contributed by atoms with Crippen LogP contribution in [0.5, 0.6) is 0 Å². The molecule has 3 rings (SSSR count). The van der Waals surface area contributed by atoms with Crippen LogP contribution in [0.3, 0.4) is 0 Å². The Bertz CT molecular complexity index is 806. The summed E-state index contributed by atoms with van der Waals surface area (Å²) >= 11 is 0. The normalized spacial score (nSPS) is 23.3. The number of amides is 1. The molecule has 0 bridgehead atoms. The molecular weight excluding hydrogens is 369 g/mol. The quantitative estimate of drug-likeness (QED) is 0.822. The lowest BCUT2D eigenvalue weighted by Gasteiger charge is -2.25. The van der Waals surface area contributed by atoms with Crippen molar-refractivity contribution in [3.63, 3.8) is 0 Å². The molecule has 2 unspecified atom stereocenters. The maximum atomic E-state index is 12.9. The average molecular weight is 392 g/mol. The second-order valence-corrected chi connectivity index (χ2v) is 6.97. The lowest BCUT2D eigenvalue weighted by Crippen LogP contribution is -2.39. The first-order valence-electron chi connectivity index (χ1n) is 9.24. The van der Waals surface area contributed by atoms with Crippen LogP contribution in [-0.4, -0.2) is 31.7 Å². The van der Waals surface area contributed by atoms with Crippen molar-refractivity contribution in [2.75, 3.05) is 19.7 Å². The predicted molar refractivity (Wildman–Crippen MR) is 101 cm³/mol. The molecule has 1 aromatic rings. The molecule has 150 valence electrons. The molecule has 1 saturated heterocycles. The first-order valence-corrected chi connectivity index (χ1v) is 9.24. The molecule has 4 nitrogen and oxygen atoms in total. The van der Waals surface area contributed by atoms with Crippen molar-refractivity contribution < 1.29 is 22.7 Å². The number of allylic oxidation sites excluding steroid dienone is 3. The monoisotopic (exact) mass is 392 g/mol. The number of hydrogen-bond donors (Lipinski definition) is 2. The summed E-state index contributed by atoms with van der Waals surface area (Å²) in [5.41, 5.74) is 0.708. The Hall–Kier alpha value is -2.38. The molecule has 0 saturated carbocycles. The van der Waals surface area contributed by atoms with E-state index in [0.29, 0.717) is 12.3 Å². The minimum Gasteiger partial charge on any atom is -0.371 e. The molecule has 1 aliphatic carbocycles. The molecule has 1 heterocycles. The molecule has 2 atom stereocenters. The maximum absolute atomic E-state index is 12.9. The van der Waals surface area contributed by atoms with Gasteiger partial charge in [-0.1, -0.05) is 31.2 Å². The van der Waals surface area contributed by atoms with Gasteiger partial charge in [0.05, 0.1) is 18.3 Å². The van der Waals surface area contributed by atoms with Crippen molar-refractivity contribution >= 4 is 5.91 Å². The molecule has 1 amide bonds. The van der Waals surface area contributed by atoms with Gasteiger partial charge in [-0.05, 0) is 42.2 Å². The lowest BCUT2D eigenvalue weighted by atomic mass is 9.97. The van der Waals surface area contributed by atoms with Gasteiger partial charge in [0.2, 0.25) is 0 Å². The van der Waals surface area contributed by atoms with Gasteiger partial charge in [-0.3, -0.25) is 4.79 Å². The molecule has 0 aromatic heterocycles. The second-order valence-electron chi connectivity index (χ2n) is 6.97. The Kier molecular flexibility index (Phi) is 6.36. The van der Waals surface area contributed by atoms with E-state index < -0.39 is 17.6 Å². The van der Waals surface area contributed by atoms with Gasteiger partial charge in [0.25, 0.3) is 5.91 Å². The van der Waals surface area contributed by atoms with Crippen LogP contribution < -0.4 is 10.6 Å². The van der Waals surface area contributed by atoms with E-state index in [1.165, 1.54) is 12.1 Å². The molecular formula is C21H23F3N2O2. The summed E-state index contributed by atoms with van der Waals surface area (Å²) in [6.07, 6.45) is 3.93. The van der Waals surface area contributed by atoms with Crippen LogP contribution in [0.2, 0.25) is 0 Å². The summed E-state index contributed by atoms with van der Waals surface area (Å²) in [6.45, 7) is 4.20. The zero-order chi connectivity index (χ0) is 20.1. The van der Waals surface area contributed by atoms with Gasteiger partial charge in [-0.25, -0.2) is 0 Å². The molecule has 1 aliphatic heterocycles. The number of halogens is 3. The number of nitrogens with one attached hydrogen (secondary N) is 2. The van der Waals surface area contributed by atoms with Crippen LogP contribution in [-0.2, 0) is 10.9 Å². The van der Waals surface area contributed by atoms with E-state index in [9.17, 15) is 18.0 Å². The van der Waals surface area contributed by atoms with Crippen molar-refractivity contribution in [3.05, 3.63) is 71.0 Å². The van der Waals surface area contributed by atoms with Gasteiger partial charge in [-0.2, -0.15) is 13.2 Å². The van der Waals surface area contributed by atoms with E-state index in [1.807, 2.05) is 19.1 Å². The van der Waals surface area contributed by atoms with Gasteiger partial charge in [-0.15, -0.1) is 0 Å². The SMILES string of the molecule is CC1C=C(NC(=O)c2cccc(C(F)(F)F)c2)C=CC(C2CNCCO2)=CC1. The smallest absolute Gasteiger partial charge is 0.371 e. The number of carbonyl (C=O) groups excluding carboxylic acids is 1. The Morgan fingerprint density at radius 1 is 1.29 bits per heavy atom. The Morgan fingerprint density at radius 2 is 2.11 bits per heavy atom. The summed E-state index contributed by atoms with van der Waals surface area (Å²) in [7, 11) is 0. The molecule has 28 heavy (non-hydrogen) atoms. The Balaban J connectivity index is 1.75. The van der Waals surface area contributed by atoms with E-state index in [1.54, 1.807) is 6.08 Å². The molecule has 0 spiro atoms. The average Bonchev–Trinajstić information content (AvgIpc) is 2.66. The highest BCUT2D eigenvalue weighted by atomic mass is 19.4. The van der Waals surface area contributed by atoms with Crippen molar-refractivity contribution in [3.8, 4) is 0 Å². The minimum atomic E-state index is -4.49. The van der Waals surface area contributed by atoms with Crippen molar-refractivity contribution in [1.29, 1.82) is 0 Å². The van der Waals surface area contributed by atoms with Crippen molar-refractivity contribution in [2.24, 2.45) is 5.92 Å². The third-order valence-corrected chi connectivity index (χ3v) is 4.65. The van der Waals surface area contributed by atoms with Gasteiger partial charge in [0, 0.05) is 24.4 Å². The van der Waals surface area contributed by atoms with E-state index in [0.717, 1.165) is 37.2 Å². The molecule has 2 aliphatic rings. The van der Waals surface area contributed by atoms with Crippen LogP contribution in [0.1, 0.15) is 29.3 Å². The standard InChI is InChI=1S/C21H23F3N2O2/c1-14-5-6-15(19-13-25-9-10-28-19)7-8-18(11-14)26-20(27)16-3-2-4-17(12-16)21(22,23)24/h2-4,6-8,11-12,14,19,25H,5,9-10,13H2,1H3,(H,26,27). The minimum absolute atomic E-state index is 0.0329. The molecule has 7 heteroatoms. The van der Waals surface area contributed by atoms with Crippen LogP contribution in [0, 0.1) is 5.92 Å². The predicted octanol–water partition coefficient (Wildman–Crippen LogP) is 3.83. The van der Waals surface area contributed by atoms with E-state index >= 15 is 0 Å². The second kappa shape index (κ2) is 8.75. The highest BCUT2D eigenvalue weighted by Gasteiger charge is 2.31. The van der Waals surface area contributed by atoms with Gasteiger partial charge in [0.15, 0.2) is 0 Å². The van der Waals surface area contributed by atoms with Crippen molar-refractivity contribution in [1.82, 2.24) is 10.6 Å². The Morgan fingerprint density at radius 3 is 2.82 bits per heavy atom. The topological polar surface area (TPSA) is 50.4 Å². The van der Waals surface area contributed by atoms with Crippen LogP contribution in [0.4, 0.5) is 13.2 Å². The van der Waals surface area contributed by atoms with Gasteiger partial charge >= 0.3 is 6.18 Å². The van der Waals surface area contributed by atoms with E-state index in [-0.39, 0.29) is 17.6 Å². The fourth-order valence-electron chi connectivity index (χ4n) is 3.15. The third-order valence-electron chi connectivity index (χ3n) is 4.65. The van der Waals surface area contributed by atoms with Gasteiger partial charge in [0.1, 0.15) is 0 Å². The van der Waals surface area contributed by atoms with Crippen LogP contribution in [0.15, 0.2) is 59.8 Å². The number of benzene rings is 1. The van der Waals surface area contributed by atoms with Gasteiger partial charge < -0.3 is 15.4 Å². The number of carbonyl (C=O) groups is 1. The molecule has 1 aromatic carbocycles. The highest BCUT2D eigenvalue weighted by Crippen LogP contribution is 2.29. The first kappa shape index (κ1) is 20.4. The third kappa shape index (κ3) is 5.33. The van der Waals surface area contributed by atoms with Crippen molar-refractivity contribution in [2.45, 2.75) is 25.6 Å². The summed E-state index contributed by atoms with van der Waals surface area (Å²) in [6, 6.07) is 4.41. The number of alkyl halides is 3. The first-order chi connectivity index (χ1) is 13.3. The van der Waals surface area contributed by atoms with E-state index in [4.69, 9.17) is 4.74 Å². The summed E-state index contributed by atoms with van der Waals surface area (Å²) < 4.78 is 44.4. The zero-order valence-electron chi connectivity index (χ0n) is 15.6. The lowest BCUT2D eigenvalue weighted by molar-refractivity contribution is -0.137. The summed E-state index contributed by atoms with van der Waals surface area (Å²) in [4.78, 5) is 12.5. The summed E-state index contributed by atoms with van der Waals surface area (Å²) in [5, 5.41) is 6.01. The van der Waals surface area contributed by atoms with Crippen LogP contribution in [0.25, 0.3) is 0 Å². The largest absolute Gasteiger partial charge is 0.416 e. The van der Waals surface area contributed by atoms with E-state index in [2.05, 4.69) is 16.7 Å². The number of rotatable bonds is 3. The molecule has 0 radical (unpaired) electrons. The summed E-state index contributed by atoms with van der Waals surface area (Å²) in [5.74, 6) is -0.413. The fourth-order valence-corrected chi connectivity index (χ4v) is 3.15. The fraction of sp³-hybridized carbons (Fsp3) is 0.381. The molecule has 1 fully saturated rings. The number of ether oxygens (including phenoxy) is 1. The van der Waals surface area contributed by atoms with Crippen LogP contribution >= 0.6 is 0 Å². The zero-order valence-corrected chi connectivity index (χ0v) is 15.6. The number of morpholine rings is 1. The highest BCUT2D eigenvalue weighted by molar-refractivity contribution is 5.95.